The lowest BCUT2D eigenvalue weighted by Crippen LogP contribution is -2.38. The molecule has 2 fully saturated rings. The summed E-state index contributed by atoms with van der Waals surface area (Å²) in [4.78, 5) is 26.2. The summed E-state index contributed by atoms with van der Waals surface area (Å²) in [6.45, 7) is 7.86. The van der Waals surface area contributed by atoms with Gasteiger partial charge < -0.3 is 9.80 Å². The van der Waals surface area contributed by atoms with E-state index in [9.17, 15) is 4.79 Å². The number of carbonyl (C=O) groups excluding carboxylic acids is 1. The highest BCUT2D eigenvalue weighted by Gasteiger charge is 2.23. The van der Waals surface area contributed by atoms with Gasteiger partial charge in [-0.3, -0.25) is 4.79 Å². The van der Waals surface area contributed by atoms with E-state index in [1.807, 2.05) is 22.7 Å². The van der Waals surface area contributed by atoms with E-state index in [0.29, 0.717) is 11.6 Å². The molecule has 1 amide bonds. The maximum absolute atomic E-state index is 12.7. The molecule has 0 saturated carbocycles. The minimum atomic E-state index is 0.0602. The molecule has 120 valence electrons. The third-order valence-corrected chi connectivity index (χ3v) is 5.17. The highest BCUT2D eigenvalue weighted by molar-refractivity contribution is 7.99. The second-order valence-electron chi connectivity index (χ2n) is 6.23. The van der Waals surface area contributed by atoms with E-state index in [-0.39, 0.29) is 5.91 Å². The van der Waals surface area contributed by atoms with Crippen molar-refractivity contribution in [1.29, 1.82) is 0 Å². The molecule has 0 spiro atoms. The fourth-order valence-electron chi connectivity index (χ4n) is 2.85. The topological polar surface area (TPSA) is 49.3 Å². The maximum Gasteiger partial charge on any atom is 0.272 e. The molecule has 3 heterocycles. The van der Waals surface area contributed by atoms with Crippen LogP contribution in [0.15, 0.2) is 6.07 Å². The Morgan fingerprint density at radius 2 is 1.82 bits per heavy atom. The molecule has 0 aliphatic carbocycles. The summed E-state index contributed by atoms with van der Waals surface area (Å²) in [6.07, 6.45) is 2.36. The van der Waals surface area contributed by atoms with E-state index in [1.165, 1.54) is 12.8 Å². The van der Waals surface area contributed by atoms with Crippen LogP contribution in [0.3, 0.4) is 0 Å². The first-order valence-electron chi connectivity index (χ1n) is 8.16. The van der Waals surface area contributed by atoms with Gasteiger partial charge in [-0.2, -0.15) is 11.8 Å². The highest BCUT2D eigenvalue weighted by Crippen LogP contribution is 2.22. The van der Waals surface area contributed by atoms with E-state index in [2.05, 4.69) is 28.7 Å². The summed E-state index contributed by atoms with van der Waals surface area (Å²) in [7, 11) is 0. The van der Waals surface area contributed by atoms with Crippen LogP contribution in [0.4, 0.5) is 5.95 Å². The van der Waals surface area contributed by atoms with Crippen molar-refractivity contribution in [1.82, 2.24) is 14.9 Å². The van der Waals surface area contributed by atoms with Gasteiger partial charge >= 0.3 is 0 Å². The molecule has 2 saturated heterocycles. The zero-order valence-corrected chi connectivity index (χ0v) is 14.2. The number of hydrogen-bond acceptors (Lipinski definition) is 5. The van der Waals surface area contributed by atoms with Crippen LogP contribution in [0.2, 0.25) is 0 Å². The third-order valence-electron chi connectivity index (χ3n) is 4.23. The molecule has 2 aliphatic heterocycles. The summed E-state index contributed by atoms with van der Waals surface area (Å²) in [6, 6.07) is 1.88. The number of carbonyl (C=O) groups is 1. The van der Waals surface area contributed by atoms with Gasteiger partial charge in [-0.1, -0.05) is 13.8 Å². The summed E-state index contributed by atoms with van der Waals surface area (Å²) in [5, 5.41) is 0. The predicted molar refractivity (Wildman–Crippen MR) is 90.8 cm³/mol. The van der Waals surface area contributed by atoms with Crippen molar-refractivity contribution in [3.8, 4) is 0 Å². The molecule has 0 unspecified atom stereocenters. The van der Waals surface area contributed by atoms with Crippen molar-refractivity contribution in [2.45, 2.75) is 32.6 Å². The van der Waals surface area contributed by atoms with Gasteiger partial charge in [0.15, 0.2) is 0 Å². The van der Waals surface area contributed by atoms with Gasteiger partial charge in [-0.15, -0.1) is 0 Å². The molecule has 22 heavy (non-hydrogen) atoms. The smallest absolute Gasteiger partial charge is 0.272 e. The number of aromatic nitrogens is 2. The average molecular weight is 320 g/mol. The Morgan fingerprint density at radius 1 is 1.14 bits per heavy atom. The predicted octanol–water partition coefficient (Wildman–Crippen LogP) is 2.39. The van der Waals surface area contributed by atoms with Crippen molar-refractivity contribution in [2.24, 2.45) is 0 Å². The van der Waals surface area contributed by atoms with Gasteiger partial charge in [0.25, 0.3) is 5.91 Å². The lowest BCUT2D eigenvalue weighted by Gasteiger charge is -2.26. The Bertz CT molecular complexity index is 537. The SMILES string of the molecule is CC(C)c1cc(C(=O)N2CCSCC2)nc(N2CCCC2)n1. The quantitative estimate of drug-likeness (QED) is 0.856. The second kappa shape index (κ2) is 6.86. The molecule has 2 aliphatic rings. The van der Waals surface area contributed by atoms with Gasteiger partial charge in [0, 0.05) is 43.4 Å². The maximum atomic E-state index is 12.7. The normalized spacial score (nSPS) is 19.0. The van der Waals surface area contributed by atoms with Crippen LogP contribution >= 0.6 is 11.8 Å². The molecule has 5 nitrogen and oxygen atoms in total. The first-order chi connectivity index (χ1) is 10.6. The van der Waals surface area contributed by atoms with E-state index >= 15 is 0 Å². The fraction of sp³-hybridized carbons (Fsp3) is 0.688. The van der Waals surface area contributed by atoms with Crippen LogP contribution in [0, 0.1) is 0 Å². The van der Waals surface area contributed by atoms with Gasteiger partial charge in [-0.05, 0) is 24.8 Å². The zero-order valence-electron chi connectivity index (χ0n) is 13.4. The third kappa shape index (κ3) is 3.37. The Balaban J connectivity index is 1.89. The molecular formula is C16H24N4OS. The molecule has 1 aromatic rings. The Kier molecular flexibility index (Phi) is 4.86. The highest BCUT2D eigenvalue weighted by atomic mass is 32.2. The van der Waals surface area contributed by atoms with Crippen LogP contribution in [-0.2, 0) is 0 Å². The molecule has 0 bridgehead atoms. The van der Waals surface area contributed by atoms with Crippen molar-refractivity contribution >= 4 is 23.6 Å². The lowest BCUT2D eigenvalue weighted by molar-refractivity contribution is 0.0766. The average Bonchev–Trinajstić information content (AvgIpc) is 3.09. The standard InChI is InChI=1S/C16H24N4OS/c1-12(2)13-11-14(15(21)19-7-9-22-10-8-19)18-16(17-13)20-5-3-4-6-20/h11-12H,3-10H2,1-2H3. The first-order valence-corrected chi connectivity index (χ1v) is 9.31. The van der Waals surface area contributed by atoms with Crippen molar-refractivity contribution in [3.63, 3.8) is 0 Å². The van der Waals surface area contributed by atoms with Crippen LogP contribution in [0.25, 0.3) is 0 Å². The lowest BCUT2D eigenvalue weighted by atomic mass is 10.1. The number of nitrogens with zero attached hydrogens (tertiary/aromatic N) is 4. The van der Waals surface area contributed by atoms with Crippen molar-refractivity contribution in [2.75, 3.05) is 42.6 Å². The molecule has 0 radical (unpaired) electrons. The molecule has 3 rings (SSSR count). The Morgan fingerprint density at radius 3 is 2.45 bits per heavy atom. The van der Waals surface area contributed by atoms with E-state index in [1.54, 1.807) is 0 Å². The molecule has 6 heteroatoms. The van der Waals surface area contributed by atoms with E-state index in [0.717, 1.165) is 49.3 Å². The van der Waals surface area contributed by atoms with Gasteiger partial charge in [-0.25, -0.2) is 9.97 Å². The summed E-state index contributed by atoms with van der Waals surface area (Å²) in [5.74, 6) is 3.14. The van der Waals surface area contributed by atoms with Gasteiger partial charge in [0.2, 0.25) is 5.95 Å². The van der Waals surface area contributed by atoms with Crippen LogP contribution in [-0.4, -0.2) is 58.5 Å². The van der Waals surface area contributed by atoms with Gasteiger partial charge in [0.1, 0.15) is 5.69 Å². The molecule has 0 N–H and O–H groups in total. The summed E-state index contributed by atoms with van der Waals surface area (Å²) >= 11 is 1.91. The first kappa shape index (κ1) is 15.6. The molecule has 0 atom stereocenters. The molecular weight excluding hydrogens is 296 g/mol. The number of rotatable bonds is 3. The van der Waals surface area contributed by atoms with Crippen LogP contribution in [0.1, 0.15) is 48.8 Å². The number of amides is 1. The fourth-order valence-corrected chi connectivity index (χ4v) is 3.75. The monoisotopic (exact) mass is 320 g/mol. The number of anilines is 1. The van der Waals surface area contributed by atoms with E-state index in [4.69, 9.17) is 0 Å². The van der Waals surface area contributed by atoms with Gasteiger partial charge in [0.05, 0.1) is 0 Å². The number of thioether (sulfide) groups is 1. The summed E-state index contributed by atoms with van der Waals surface area (Å²) < 4.78 is 0. The van der Waals surface area contributed by atoms with Crippen molar-refractivity contribution < 1.29 is 4.79 Å². The molecule has 1 aromatic heterocycles. The Labute approximate surface area is 136 Å². The van der Waals surface area contributed by atoms with Crippen LogP contribution < -0.4 is 4.90 Å². The zero-order chi connectivity index (χ0) is 15.5. The van der Waals surface area contributed by atoms with Crippen molar-refractivity contribution in [3.05, 3.63) is 17.5 Å². The number of hydrogen-bond donors (Lipinski definition) is 0. The largest absolute Gasteiger partial charge is 0.341 e. The molecule has 0 aromatic carbocycles. The summed E-state index contributed by atoms with van der Waals surface area (Å²) in [5.41, 5.74) is 1.53. The minimum Gasteiger partial charge on any atom is -0.341 e. The Hall–Kier alpha value is -1.30. The van der Waals surface area contributed by atoms with E-state index < -0.39 is 0 Å². The minimum absolute atomic E-state index is 0.0602. The van der Waals surface area contributed by atoms with Crippen LogP contribution in [0.5, 0.6) is 0 Å². The second-order valence-corrected chi connectivity index (χ2v) is 7.46.